The standard InChI is InChI=1S/C14H18N4OS/c1-18(14(11-15)6-3-2-4-7-14)12(19)10-20-13-16-8-5-9-17-13/h5,8-9H,2-4,6-7,10H2,1H3. The minimum Gasteiger partial charge on any atom is -0.326 e. The summed E-state index contributed by atoms with van der Waals surface area (Å²) < 4.78 is 0. The van der Waals surface area contributed by atoms with E-state index in [0.29, 0.717) is 5.16 Å². The van der Waals surface area contributed by atoms with Gasteiger partial charge in [-0.25, -0.2) is 9.97 Å². The maximum atomic E-state index is 12.3. The second-order valence-electron chi connectivity index (χ2n) is 4.98. The molecule has 2 rings (SSSR count). The van der Waals surface area contributed by atoms with Crippen LogP contribution in [0.15, 0.2) is 23.6 Å². The van der Waals surface area contributed by atoms with E-state index in [-0.39, 0.29) is 11.7 Å². The smallest absolute Gasteiger partial charge is 0.234 e. The Kier molecular flexibility index (Phi) is 4.96. The molecule has 1 aliphatic carbocycles. The van der Waals surface area contributed by atoms with Crippen LogP contribution in [0.3, 0.4) is 0 Å². The molecule has 20 heavy (non-hydrogen) atoms. The lowest BCUT2D eigenvalue weighted by molar-refractivity contribution is -0.131. The summed E-state index contributed by atoms with van der Waals surface area (Å²) in [6.45, 7) is 0. The summed E-state index contributed by atoms with van der Waals surface area (Å²) in [4.78, 5) is 22.1. The number of nitriles is 1. The molecular formula is C14H18N4OS. The number of carbonyl (C=O) groups excluding carboxylic acids is 1. The van der Waals surface area contributed by atoms with Gasteiger partial charge in [-0.3, -0.25) is 4.79 Å². The first kappa shape index (κ1) is 14.8. The third-order valence-corrected chi connectivity index (χ3v) is 4.63. The molecule has 0 radical (unpaired) electrons. The Hall–Kier alpha value is -1.61. The fraction of sp³-hybridized carbons (Fsp3) is 0.571. The van der Waals surface area contributed by atoms with Crippen molar-refractivity contribution in [1.29, 1.82) is 5.26 Å². The van der Waals surface area contributed by atoms with Gasteiger partial charge in [0.05, 0.1) is 11.8 Å². The third-order valence-electron chi connectivity index (χ3n) is 3.77. The van der Waals surface area contributed by atoms with Crippen LogP contribution < -0.4 is 0 Å². The molecule has 0 N–H and O–H groups in total. The summed E-state index contributed by atoms with van der Waals surface area (Å²) in [7, 11) is 1.74. The molecule has 6 heteroatoms. The van der Waals surface area contributed by atoms with Crippen molar-refractivity contribution in [2.24, 2.45) is 0 Å². The van der Waals surface area contributed by atoms with Gasteiger partial charge in [-0.15, -0.1) is 0 Å². The van der Waals surface area contributed by atoms with Gasteiger partial charge in [0, 0.05) is 19.4 Å². The quantitative estimate of drug-likeness (QED) is 0.628. The molecule has 0 unspecified atom stereocenters. The summed E-state index contributed by atoms with van der Waals surface area (Å²) in [5.74, 6) is 0.232. The molecule has 1 saturated carbocycles. The fourth-order valence-corrected chi connectivity index (χ4v) is 3.20. The largest absolute Gasteiger partial charge is 0.326 e. The van der Waals surface area contributed by atoms with Gasteiger partial charge >= 0.3 is 0 Å². The van der Waals surface area contributed by atoms with E-state index in [0.717, 1.165) is 32.1 Å². The lowest BCUT2D eigenvalue weighted by Gasteiger charge is -2.39. The summed E-state index contributed by atoms with van der Waals surface area (Å²) in [5.41, 5.74) is -0.618. The minimum absolute atomic E-state index is 0.0362. The number of aromatic nitrogens is 2. The Balaban J connectivity index is 1.96. The number of carbonyl (C=O) groups is 1. The highest BCUT2D eigenvalue weighted by atomic mass is 32.2. The molecule has 1 aromatic heterocycles. The van der Waals surface area contributed by atoms with Crippen molar-refractivity contribution in [1.82, 2.24) is 14.9 Å². The van der Waals surface area contributed by atoms with Gasteiger partial charge in [-0.05, 0) is 18.9 Å². The highest BCUT2D eigenvalue weighted by molar-refractivity contribution is 7.99. The van der Waals surface area contributed by atoms with Gasteiger partial charge in [-0.2, -0.15) is 5.26 Å². The molecule has 0 atom stereocenters. The Morgan fingerprint density at radius 2 is 2.05 bits per heavy atom. The SMILES string of the molecule is CN(C(=O)CSc1ncccn1)C1(C#N)CCCCC1. The average molecular weight is 290 g/mol. The summed E-state index contributed by atoms with van der Waals surface area (Å²) in [5, 5.41) is 10.1. The van der Waals surface area contributed by atoms with E-state index in [1.54, 1.807) is 30.4 Å². The van der Waals surface area contributed by atoms with Crippen LogP contribution in [0.2, 0.25) is 0 Å². The zero-order valence-electron chi connectivity index (χ0n) is 11.6. The van der Waals surface area contributed by atoms with Crippen LogP contribution in [0.1, 0.15) is 32.1 Å². The second-order valence-corrected chi connectivity index (χ2v) is 5.92. The maximum Gasteiger partial charge on any atom is 0.234 e. The molecule has 1 amide bonds. The molecule has 0 saturated heterocycles. The van der Waals surface area contributed by atoms with Gasteiger partial charge in [0.15, 0.2) is 5.16 Å². The van der Waals surface area contributed by atoms with Crippen molar-refractivity contribution in [3.63, 3.8) is 0 Å². The number of hydrogen-bond donors (Lipinski definition) is 0. The van der Waals surface area contributed by atoms with Crippen LogP contribution in [0, 0.1) is 11.3 Å². The van der Waals surface area contributed by atoms with Crippen LogP contribution in [0.5, 0.6) is 0 Å². The van der Waals surface area contributed by atoms with Crippen molar-refractivity contribution in [2.75, 3.05) is 12.8 Å². The molecule has 1 aliphatic rings. The predicted molar refractivity (Wildman–Crippen MR) is 77.0 cm³/mol. The monoisotopic (exact) mass is 290 g/mol. The topological polar surface area (TPSA) is 69.9 Å². The fourth-order valence-electron chi connectivity index (χ4n) is 2.48. The van der Waals surface area contributed by atoms with Crippen LogP contribution in [0.4, 0.5) is 0 Å². The molecule has 0 bridgehead atoms. The number of thioether (sulfide) groups is 1. The first-order valence-electron chi connectivity index (χ1n) is 6.76. The van der Waals surface area contributed by atoms with Gasteiger partial charge in [0.25, 0.3) is 0 Å². The molecule has 0 spiro atoms. The maximum absolute atomic E-state index is 12.3. The summed E-state index contributed by atoms with van der Waals surface area (Å²) in [6, 6.07) is 4.10. The van der Waals surface area contributed by atoms with Gasteiger partial charge in [0.1, 0.15) is 5.54 Å². The molecule has 106 valence electrons. The first-order chi connectivity index (χ1) is 9.68. The van der Waals surface area contributed by atoms with E-state index in [9.17, 15) is 10.1 Å². The van der Waals surface area contributed by atoms with E-state index < -0.39 is 5.54 Å². The molecule has 0 aliphatic heterocycles. The molecule has 1 heterocycles. The Bertz CT molecular complexity index is 494. The Labute approximate surface area is 123 Å². The van der Waals surface area contributed by atoms with Crippen molar-refractivity contribution in [3.05, 3.63) is 18.5 Å². The van der Waals surface area contributed by atoms with Crippen molar-refractivity contribution < 1.29 is 4.79 Å². The Morgan fingerprint density at radius 1 is 1.40 bits per heavy atom. The van der Waals surface area contributed by atoms with Crippen LogP contribution in [0.25, 0.3) is 0 Å². The zero-order valence-corrected chi connectivity index (χ0v) is 12.4. The second kappa shape index (κ2) is 6.71. The normalized spacial score (nSPS) is 17.2. The van der Waals surface area contributed by atoms with Gasteiger partial charge in [-0.1, -0.05) is 31.0 Å². The molecule has 1 aromatic rings. The Morgan fingerprint density at radius 3 is 2.65 bits per heavy atom. The van der Waals surface area contributed by atoms with Gasteiger partial charge in [0.2, 0.25) is 5.91 Å². The average Bonchev–Trinajstić information content (AvgIpc) is 2.53. The van der Waals surface area contributed by atoms with E-state index in [4.69, 9.17) is 0 Å². The highest BCUT2D eigenvalue weighted by Crippen LogP contribution is 2.32. The van der Waals surface area contributed by atoms with Crippen LogP contribution in [-0.2, 0) is 4.79 Å². The number of rotatable bonds is 4. The lowest BCUT2D eigenvalue weighted by Crippen LogP contribution is -2.50. The van der Waals surface area contributed by atoms with E-state index in [1.165, 1.54) is 11.8 Å². The van der Waals surface area contributed by atoms with Crippen LogP contribution >= 0.6 is 11.8 Å². The van der Waals surface area contributed by atoms with Crippen molar-refractivity contribution in [2.45, 2.75) is 42.8 Å². The number of hydrogen-bond acceptors (Lipinski definition) is 5. The lowest BCUT2D eigenvalue weighted by atomic mass is 9.81. The zero-order chi connectivity index (χ0) is 14.4. The third kappa shape index (κ3) is 3.28. The molecule has 5 nitrogen and oxygen atoms in total. The predicted octanol–water partition coefficient (Wildman–Crippen LogP) is 2.25. The molecular weight excluding hydrogens is 272 g/mol. The van der Waals surface area contributed by atoms with Gasteiger partial charge < -0.3 is 4.90 Å². The van der Waals surface area contributed by atoms with E-state index in [1.807, 2.05) is 0 Å². The highest BCUT2D eigenvalue weighted by Gasteiger charge is 2.38. The summed E-state index contributed by atoms with van der Waals surface area (Å²) >= 11 is 1.31. The van der Waals surface area contributed by atoms with Crippen molar-refractivity contribution in [3.8, 4) is 6.07 Å². The first-order valence-corrected chi connectivity index (χ1v) is 7.74. The molecule has 1 fully saturated rings. The van der Waals surface area contributed by atoms with Crippen molar-refractivity contribution >= 4 is 17.7 Å². The van der Waals surface area contributed by atoms with Crippen LogP contribution in [-0.4, -0.2) is 39.1 Å². The van der Waals surface area contributed by atoms with E-state index >= 15 is 0 Å². The number of nitrogens with zero attached hydrogens (tertiary/aromatic N) is 4. The summed E-state index contributed by atoms with van der Waals surface area (Å²) in [6.07, 6.45) is 8.04. The molecule has 0 aromatic carbocycles. The van der Waals surface area contributed by atoms with E-state index in [2.05, 4.69) is 16.0 Å². The number of amides is 1. The minimum atomic E-state index is -0.618.